The van der Waals surface area contributed by atoms with E-state index in [2.05, 4.69) is 52.6 Å². The number of alkyl halides is 1. The van der Waals surface area contributed by atoms with Gasteiger partial charge in [0.05, 0.1) is 18.3 Å². The van der Waals surface area contributed by atoms with Gasteiger partial charge in [0.15, 0.2) is 5.78 Å². The number of anilines is 1. The van der Waals surface area contributed by atoms with Crippen molar-refractivity contribution < 1.29 is 20.1 Å². The first-order valence-corrected chi connectivity index (χ1v) is 12.1. The highest BCUT2D eigenvalue weighted by molar-refractivity contribution is 14.1. The van der Waals surface area contributed by atoms with E-state index in [1.807, 2.05) is 24.3 Å². The normalized spacial score (nSPS) is 21.2. The maximum atomic E-state index is 12.4. The minimum absolute atomic E-state index is 0.00199. The smallest absolute Gasteiger partial charge is 0.173 e. The Labute approximate surface area is 202 Å². The first-order valence-electron chi connectivity index (χ1n) is 10.9. The third-order valence-electron chi connectivity index (χ3n) is 6.02. The second-order valence-corrected chi connectivity index (χ2v) is 10.2. The van der Waals surface area contributed by atoms with E-state index in [0.29, 0.717) is 6.04 Å². The Kier molecular flexibility index (Phi) is 8.65. The highest BCUT2D eigenvalue weighted by Crippen LogP contribution is 2.31. The predicted molar refractivity (Wildman–Crippen MR) is 135 cm³/mol. The maximum absolute atomic E-state index is 12.4. The van der Waals surface area contributed by atoms with Crippen molar-refractivity contribution in [2.24, 2.45) is 0 Å². The lowest BCUT2D eigenvalue weighted by atomic mass is 9.99. The zero-order valence-corrected chi connectivity index (χ0v) is 20.3. The topological polar surface area (TPSA) is 105 Å². The van der Waals surface area contributed by atoms with E-state index in [0.717, 1.165) is 26.8 Å². The zero-order chi connectivity index (χ0) is 23.3. The average molecular weight is 548 g/mol. The molecular formula is C25H29IN2O4. The van der Waals surface area contributed by atoms with Crippen molar-refractivity contribution in [2.75, 3.05) is 18.1 Å². The lowest BCUT2D eigenvalue weighted by molar-refractivity contribution is -0.116. The van der Waals surface area contributed by atoms with E-state index in [4.69, 9.17) is 5.11 Å². The third-order valence-corrected chi connectivity index (χ3v) is 7.15. The maximum Gasteiger partial charge on any atom is 0.173 e. The van der Waals surface area contributed by atoms with Crippen LogP contribution < -0.4 is 4.90 Å². The summed E-state index contributed by atoms with van der Waals surface area (Å²) in [4.78, 5) is 14.8. The number of Topliss-reactive ketones (excluding diaryl/α,β-unsaturated/α-hetero) is 1. The summed E-state index contributed by atoms with van der Waals surface area (Å²) in [7, 11) is 0. The molecule has 0 radical (unpaired) electrons. The van der Waals surface area contributed by atoms with Crippen molar-refractivity contribution in [3.63, 3.8) is 0 Å². The van der Waals surface area contributed by atoms with Crippen LogP contribution in [-0.4, -0.2) is 56.4 Å². The first kappa shape index (κ1) is 24.6. The number of piperidine rings is 1. The van der Waals surface area contributed by atoms with Crippen LogP contribution >= 0.6 is 22.6 Å². The monoisotopic (exact) mass is 548 g/mol. The summed E-state index contributed by atoms with van der Waals surface area (Å²) >= 11 is 2.54. The average Bonchev–Trinajstić information content (AvgIpc) is 2.79. The Morgan fingerprint density at radius 1 is 1.25 bits per heavy atom. The molecule has 7 heteroatoms. The van der Waals surface area contributed by atoms with E-state index >= 15 is 0 Å². The number of aliphatic hydroxyl groups is 3. The minimum Gasteiger partial charge on any atom is -0.394 e. The second-order valence-electron chi connectivity index (χ2n) is 8.40. The van der Waals surface area contributed by atoms with Gasteiger partial charge in [-0.2, -0.15) is 5.26 Å². The van der Waals surface area contributed by atoms with Gasteiger partial charge in [0.25, 0.3) is 0 Å². The summed E-state index contributed by atoms with van der Waals surface area (Å²) < 4.78 is 0.730. The quantitative estimate of drug-likeness (QED) is 0.202. The fourth-order valence-corrected chi connectivity index (χ4v) is 5.10. The number of benzene rings is 2. The Morgan fingerprint density at radius 2 is 1.97 bits per heavy atom. The van der Waals surface area contributed by atoms with Crippen LogP contribution in [0.4, 0.5) is 5.69 Å². The van der Waals surface area contributed by atoms with Crippen LogP contribution in [0.1, 0.15) is 38.2 Å². The number of hydrogen-bond donors (Lipinski definition) is 3. The molecule has 0 bridgehead atoms. The number of rotatable bonds is 8. The molecule has 4 unspecified atom stereocenters. The zero-order valence-electron chi connectivity index (χ0n) is 18.1. The van der Waals surface area contributed by atoms with Crippen LogP contribution in [0.3, 0.4) is 0 Å². The van der Waals surface area contributed by atoms with Gasteiger partial charge in [-0.25, -0.2) is 0 Å². The molecule has 2 aromatic carbocycles. The van der Waals surface area contributed by atoms with Crippen molar-refractivity contribution >= 4 is 50.9 Å². The van der Waals surface area contributed by atoms with Crippen LogP contribution in [0.25, 0.3) is 16.8 Å². The van der Waals surface area contributed by atoms with Crippen LogP contribution in [0.5, 0.6) is 0 Å². The molecule has 6 nitrogen and oxygen atoms in total. The molecule has 1 aliphatic rings. The van der Waals surface area contributed by atoms with Gasteiger partial charge in [-0.15, -0.1) is 0 Å². The molecule has 1 aliphatic heterocycles. The molecule has 1 heterocycles. The number of hydrogen-bond acceptors (Lipinski definition) is 6. The molecule has 1 saturated heterocycles. The molecule has 1 fully saturated rings. The van der Waals surface area contributed by atoms with Gasteiger partial charge < -0.3 is 20.2 Å². The fraction of sp³-hybridized carbons (Fsp3) is 0.440. The number of fused-ring (bicyclic) bond motifs is 1. The van der Waals surface area contributed by atoms with Gasteiger partial charge in [0.1, 0.15) is 12.2 Å². The Bertz CT molecular complexity index is 1030. The van der Waals surface area contributed by atoms with Crippen LogP contribution in [-0.2, 0) is 4.79 Å². The van der Waals surface area contributed by atoms with Gasteiger partial charge in [-0.1, -0.05) is 40.8 Å². The highest BCUT2D eigenvalue weighted by Gasteiger charge is 2.24. The van der Waals surface area contributed by atoms with Crippen LogP contribution in [0.2, 0.25) is 0 Å². The number of allylic oxidation sites excluding steroid dienone is 1. The van der Waals surface area contributed by atoms with Crippen LogP contribution in [0.15, 0.2) is 42.0 Å². The Balaban J connectivity index is 1.75. The molecule has 3 rings (SSSR count). The molecule has 4 atom stereocenters. The third kappa shape index (κ3) is 6.07. The first-order chi connectivity index (χ1) is 15.3. The van der Waals surface area contributed by atoms with E-state index in [-0.39, 0.29) is 18.4 Å². The minimum atomic E-state index is -1.29. The molecule has 0 saturated carbocycles. The summed E-state index contributed by atoms with van der Waals surface area (Å²) in [6.07, 6.45) is 1.32. The van der Waals surface area contributed by atoms with Gasteiger partial charge in [-0.05, 0) is 66.8 Å². The fourth-order valence-electron chi connectivity index (χ4n) is 4.09. The summed E-state index contributed by atoms with van der Waals surface area (Å²) in [5, 5.41) is 39.5. The number of aliphatic hydroxyl groups excluding tert-OH is 3. The molecule has 0 amide bonds. The van der Waals surface area contributed by atoms with Gasteiger partial charge >= 0.3 is 0 Å². The second kappa shape index (κ2) is 11.2. The molecule has 0 spiro atoms. The highest BCUT2D eigenvalue weighted by atomic mass is 127. The van der Waals surface area contributed by atoms with Gasteiger partial charge in [0.2, 0.25) is 0 Å². The van der Waals surface area contributed by atoms with E-state index in [1.165, 1.54) is 18.5 Å². The van der Waals surface area contributed by atoms with Gasteiger partial charge in [-0.3, -0.25) is 4.79 Å². The number of carbonyl (C=O) groups excluding carboxylic acids is 1. The van der Waals surface area contributed by atoms with Crippen molar-refractivity contribution in [1.29, 1.82) is 5.26 Å². The van der Waals surface area contributed by atoms with Crippen molar-refractivity contribution in [3.05, 3.63) is 47.5 Å². The molecule has 0 aliphatic carbocycles. The van der Waals surface area contributed by atoms with Crippen molar-refractivity contribution in [1.82, 2.24) is 0 Å². The molecule has 170 valence electrons. The number of nitriles is 1. The lowest BCUT2D eigenvalue weighted by Crippen LogP contribution is -2.41. The largest absolute Gasteiger partial charge is 0.394 e. The summed E-state index contributed by atoms with van der Waals surface area (Å²) in [6.45, 7) is 2.75. The van der Waals surface area contributed by atoms with Crippen LogP contribution in [0, 0.1) is 11.3 Å². The predicted octanol–water partition coefficient (Wildman–Crippen LogP) is 3.60. The molecule has 2 aromatic rings. The summed E-state index contributed by atoms with van der Waals surface area (Å²) in [6, 6.07) is 14.7. The Morgan fingerprint density at radius 3 is 2.66 bits per heavy atom. The summed E-state index contributed by atoms with van der Waals surface area (Å²) in [5.41, 5.74) is 1.97. The van der Waals surface area contributed by atoms with E-state index in [1.54, 1.807) is 6.08 Å². The summed E-state index contributed by atoms with van der Waals surface area (Å²) in [5.74, 6) is -0.403. The SMILES string of the molecule is CC1CC(I)CCN1c1ccc2cc(/C=C(\C#N)C(=O)CCC(O)C(O)CO)ccc2c1. The molecule has 0 aromatic heterocycles. The molecular weight excluding hydrogens is 519 g/mol. The number of ketones is 1. The number of carbonyl (C=O) groups is 1. The van der Waals surface area contributed by atoms with Gasteiger partial charge in [0, 0.05) is 28.6 Å². The Hall–Kier alpha value is -1.99. The number of halogens is 1. The standard InChI is InChI=1S/C25H29IN2O4/c1-16-10-21(26)8-9-28(16)22-5-4-18-11-17(2-3-19(18)13-22)12-20(14-27)23(30)6-7-24(31)25(32)15-29/h2-5,11-13,16,21,24-25,29,31-32H,6-10,15H2,1H3/b20-12+. The molecule has 32 heavy (non-hydrogen) atoms. The molecule has 3 N–H and O–H groups in total. The van der Waals surface area contributed by atoms with Crippen molar-refractivity contribution in [3.8, 4) is 6.07 Å². The van der Waals surface area contributed by atoms with E-state index < -0.39 is 24.6 Å². The van der Waals surface area contributed by atoms with Crippen molar-refractivity contribution in [2.45, 2.75) is 54.8 Å². The number of nitrogens with zero attached hydrogens (tertiary/aromatic N) is 2. The van der Waals surface area contributed by atoms with E-state index in [9.17, 15) is 20.3 Å². The lowest BCUT2D eigenvalue weighted by Gasteiger charge is -2.37.